The molecule has 1 aromatic rings. The van der Waals surface area contributed by atoms with Crippen molar-refractivity contribution in [3.8, 4) is 5.75 Å². The van der Waals surface area contributed by atoms with Gasteiger partial charge < -0.3 is 14.8 Å². The number of piperidine rings is 1. The van der Waals surface area contributed by atoms with Gasteiger partial charge in [-0.05, 0) is 76.5 Å². The molecule has 0 spiro atoms. The number of sulfonamides is 1. The smallest absolute Gasteiger partial charge is 0.209 e. The highest BCUT2D eigenvalue weighted by molar-refractivity contribution is 7.88. The van der Waals surface area contributed by atoms with Crippen LogP contribution in [0.25, 0.3) is 0 Å². The van der Waals surface area contributed by atoms with Gasteiger partial charge in [0.1, 0.15) is 5.75 Å². The molecule has 7 heteroatoms. The third-order valence-corrected chi connectivity index (χ3v) is 6.86. The summed E-state index contributed by atoms with van der Waals surface area (Å²) < 4.78 is 38.1. The summed E-state index contributed by atoms with van der Waals surface area (Å²) in [7, 11) is -3.21. The molecule has 1 aromatic carbocycles. The summed E-state index contributed by atoms with van der Waals surface area (Å²) in [4.78, 5) is 0. The van der Waals surface area contributed by atoms with Crippen molar-refractivity contribution in [2.24, 2.45) is 0 Å². The van der Waals surface area contributed by atoms with Gasteiger partial charge in [0.2, 0.25) is 10.0 Å². The molecule has 2 aliphatic rings. The van der Waals surface area contributed by atoms with Crippen molar-refractivity contribution in [1.82, 2.24) is 10.0 Å². The average molecular weight is 425 g/mol. The molecule has 1 heterocycles. The van der Waals surface area contributed by atoms with E-state index in [1.54, 1.807) is 0 Å². The third kappa shape index (κ3) is 6.41. The summed E-state index contributed by atoms with van der Waals surface area (Å²) in [6, 6.07) is 6.27. The van der Waals surface area contributed by atoms with Crippen LogP contribution in [0, 0.1) is 6.92 Å². The van der Waals surface area contributed by atoms with Gasteiger partial charge in [0, 0.05) is 17.6 Å². The predicted octanol–water partition coefficient (Wildman–Crippen LogP) is 3.11. The molecule has 6 nitrogen and oxygen atoms in total. The summed E-state index contributed by atoms with van der Waals surface area (Å²) in [5.41, 5.74) is 2.67. The molecule has 1 aliphatic heterocycles. The largest absolute Gasteiger partial charge is 0.494 e. The molecule has 164 valence electrons. The summed E-state index contributed by atoms with van der Waals surface area (Å²) >= 11 is 0. The van der Waals surface area contributed by atoms with E-state index in [0.717, 1.165) is 50.8 Å². The number of hydrogen-bond donors (Lipinski definition) is 2. The van der Waals surface area contributed by atoms with Crippen molar-refractivity contribution in [1.29, 1.82) is 0 Å². The molecule has 0 unspecified atom stereocenters. The summed E-state index contributed by atoms with van der Waals surface area (Å²) in [5, 5.41) is 3.43. The Labute approximate surface area is 175 Å². The van der Waals surface area contributed by atoms with Gasteiger partial charge in [-0.3, -0.25) is 0 Å². The first-order valence-electron chi connectivity index (χ1n) is 10.9. The fourth-order valence-corrected chi connectivity index (χ4v) is 5.59. The Hall–Kier alpha value is -1.15. The summed E-state index contributed by atoms with van der Waals surface area (Å²) in [6.45, 7) is 6.35. The highest BCUT2D eigenvalue weighted by Crippen LogP contribution is 2.40. The second kappa shape index (κ2) is 10.2. The summed E-state index contributed by atoms with van der Waals surface area (Å²) in [6.07, 6.45) is 7.55. The predicted molar refractivity (Wildman–Crippen MR) is 116 cm³/mol. The molecule has 29 heavy (non-hydrogen) atoms. The molecule has 2 fully saturated rings. The molecule has 1 saturated heterocycles. The van der Waals surface area contributed by atoms with E-state index in [1.165, 1.54) is 17.4 Å². The number of ether oxygens (including phenoxy) is 2. The first-order valence-corrected chi connectivity index (χ1v) is 12.8. The lowest BCUT2D eigenvalue weighted by Gasteiger charge is -2.35. The molecule has 3 rings (SSSR count). The van der Waals surface area contributed by atoms with E-state index in [4.69, 9.17) is 9.47 Å². The van der Waals surface area contributed by atoms with Crippen molar-refractivity contribution >= 4 is 10.0 Å². The van der Waals surface area contributed by atoms with Crippen LogP contribution >= 0.6 is 0 Å². The first-order chi connectivity index (χ1) is 13.9. The quantitative estimate of drug-likeness (QED) is 0.671. The highest BCUT2D eigenvalue weighted by atomic mass is 32.2. The van der Waals surface area contributed by atoms with Crippen LogP contribution in [0.4, 0.5) is 0 Å². The van der Waals surface area contributed by atoms with E-state index in [1.807, 2.05) is 6.92 Å². The fourth-order valence-electron chi connectivity index (χ4n) is 4.76. The summed E-state index contributed by atoms with van der Waals surface area (Å²) in [5.74, 6) is 1.54. The molecule has 1 saturated carbocycles. The lowest BCUT2D eigenvalue weighted by molar-refractivity contribution is 0.00507. The molecule has 2 atom stereocenters. The van der Waals surface area contributed by atoms with Gasteiger partial charge in [-0.2, -0.15) is 0 Å². The molecule has 2 N–H and O–H groups in total. The van der Waals surface area contributed by atoms with Crippen LogP contribution in [0.5, 0.6) is 5.75 Å². The van der Waals surface area contributed by atoms with E-state index in [0.29, 0.717) is 19.1 Å². The molecule has 0 radical (unpaired) electrons. The van der Waals surface area contributed by atoms with Crippen molar-refractivity contribution in [2.45, 2.75) is 76.5 Å². The van der Waals surface area contributed by atoms with Crippen LogP contribution in [0.15, 0.2) is 18.2 Å². The van der Waals surface area contributed by atoms with Gasteiger partial charge in [-0.15, -0.1) is 0 Å². The number of aryl methyl sites for hydroxylation is 1. The lowest BCUT2D eigenvalue weighted by Crippen LogP contribution is -2.55. The van der Waals surface area contributed by atoms with E-state index in [2.05, 4.69) is 35.2 Å². The number of nitrogens with one attached hydrogen (secondary N) is 2. The van der Waals surface area contributed by atoms with Crippen LogP contribution in [0.2, 0.25) is 0 Å². The monoisotopic (exact) mass is 424 g/mol. The minimum Gasteiger partial charge on any atom is -0.494 e. The van der Waals surface area contributed by atoms with Crippen LogP contribution in [0.3, 0.4) is 0 Å². The average Bonchev–Trinajstić information content (AvgIpc) is 2.67. The van der Waals surface area contributed by atoms with Crippen LogP contribution < -0.4 is 14.8 Å². The Kier molecular flexibility index (Phi) is 7.96. The standard InChI is InChI=1S/C22H36N2O4S/c1-4-27-21-9-5-7-16(2)22(21)17-10-12-18(13-11-17)28-15-20-19(8-6-14-23-20)24-29(3,25)26/h5,7,9,17-20,23-24H,4,6,8,10-15H2,1-3H3/t17-,18+,19-,20-/m0/s1. The second-order valence-corrected chi connectivity index (χ2v) is 10.2. The van der Waals surface area contributed by atoms with Crippen LogP contribution in [-0.4, -0.2) is 52.6 Å². The Balaban J connectivity index is 1.52. The molecular weight excluding hydrogens is 388 g/mol. The Morgan fingerprint density at radius 1 is 1.17 bits per heavy atom. The molecule has 0 bridgehead atoms. The van der Waals surface area contributed by atoms with E-state index in [-0.39, 0.29) is 18.2 Å². The normalized spacial score (nSPS) is 28.2. The van der Waals surface area contributed by atoms with Gasteiger partial charge in [0.25, 0.3) is 0 Å². The van der Waals surface area contributed by atoms with Crippen molar-refractivity contribution in [3.63, 3.8) is 0 Å². The number of benzene rings is 1. The van der Waals surface area contributed by atoms with E-state index < -0.39 is 10.0 Å². The Morgan fingerprint density at radius 2 is 1.93 bits per heavy atom. The maximum absolute atomic E-state index is 11.6. The van der Waals surface area contributed by atoms with Crippen molar-refractivity contribution in [3.05, 3.63) is 29.3 Å². The van der Waals surface area contributed by atoms with E-state index >= 15 is 0 Å². The Morgan fingerprint density at radius 3 is 2.62 bits per heavy atom. The van der Waals surface area contributed by atoms with E-state index in [9.17, 15) is 8.42 Å². The van der Waals surface area contributed by atoms with Gasteiger partial charge >= 0.3 is 0 Å². The molecule has 0 amide bonds. The SMILES string of the molecule is CCOc1cccc(C)c1[C@H]1CC[C@@H](OC[C@@H]2NCCC[C@@H]2NS(C)(=O)=O)CC1. The zero-order valence-corrected chi connectivity index (χ0v) is 18.8. The van der Waals surface area contributed by atoms with Crippen molar-refractivity contribution < 1.29 is 17.9 Å². The van der Waals surface area contributed by atoms with Gasteiger partial charge in [0.15, 0.2) is 0 Å². The molecule has 1 aliphatic carbocycles. The van der Waals surface area contributed by atoms with Crippen molar-refractivity contribution in [2.75, 3.05) is 26.0 Å². The zero-order valence-electron chi connectivity index (χ0n) is 17.9. The number of hydrogen-bond acceptors (Lipinski definition) is 5. The topological polar surface area (TPSA) is 76.7 Å². The highest BCUT2D eigenvalue weighted by Gasteiger charge is 2.30. The minimum atomic E-state index is -3.21. The van der Waals surface area contributed by atoms with Gasteiger partial charge in [0.05, 0.1) is 25.6 Å². The maximum atomic E-state index is 11.6. The maximum Gasteiger partial charge on any atom is 0.209 e. The van der Waals surface area contributed by atoms with Gasteiger partial charge in [-0.25, -0.2) is 13.1 Å². The third-order valence-electron chi connectivity index (χ3n) is 6.13. The minimum absolute atomic E-state index is 0.0390. The number of rotatable bonds is 8. The zero-order chi connectivity index (χ0) is 20.9. The molecular formula is C22H36N2O4S. The van der Waals surface area contributed by atoms with Gasteiger partial charge in [-0.1, -0.05) is 12.1 Å². The first kappa shape index (κ1) is 22.5. The van der Waals surface area contributed by atoms with Crippen LogP contribution in [0.1, 0.15) is 62.5 Å². The second-order valence-electron chi connectivity index (χ2n) is 8.43. The fraction of sp³-hybridized carbons (Fsp3) is 0.727. The Bertz CT molecular complexity index is 760. The van der Waals surface area contributed by atoms with Crippen LogP contribution in [-0.2, 0) is 14.8 Å². The lowest BCUT2D eigenvalue weighted by atomic mass is 9.80. The molecule has 0 aromatic heterocycles.